The zero-order valence-corrected chi connectivity index (χ0v) is 18.1. The van der Waals surface area contributed by atoms with Crippen LogP contribution in [0.4, 0.5) is 11.4 Å². The minimum atomic E-state index is -0.155. The van der Waals surface area contributed by atoms with E-state index in [-0.39, 0.29) is 5.91 Å². The highest BCUT2D eigenvalue weighted by Crippen LogP contribution is 2.27. The van der Waals surface area contributed by atoms with E-state index in [9.17, 15) is 4.79 Å². The third kappa shape index (κ3) is 5.13. The van der Waals surface area contributed by atoms with Crippen LogP contribution in [0.25, 0.3) is 11.1 Å². The Bertz CT molecular complexity index is 1150. The summed E-state index contributed by atoms with van der Waals surface area (Å²) in [6, 6.07) is 23.1. The Balaban J connectivity index is 1.41. The Hall–Kier alpha value is -4.13. The molecule has 0 saturated carbocycles. The van der Waals surface area contributed by atoms with Gasteiger partial charge in [-0.15, -0.1) is 0 Å². The molecule has 1 heterocycles. The molecule has 0 aliphatic carbocycles. The lowest BCUT2D eigenvalue weighted by Crippen LogP contribution is -2.13. The molecular weight excluding hydrogens is 402 g/mol. The molecule has 0 spiro atoms. The maximum Gasteiger partial charge on any atom is 0.256 e. The van der Waals surface area contributed by atoms with Crippen molar-refractivity contribution in [2.75, 3.05) is 30.9 Å². The van der Waals surface area contributed by atoms with Crippen LogP contribution in [0, 0.1) is 0 Å². The zero-order chi connectivity index (χ0) is 22.3. The first-order valence-electron chi connectivity index (χ1n) is 10.3. The number of rotatable bonds is 8. The van der Waals surface area contributed by atoms with Crippen LogP contribution in [0.3, 0.4) is 0 Å². The predicted octanol–water partition coefficient (Wildman–Crippen LogP) is 4.34. The van der Waals surface area contributed by atoms with Gasteiger partial charge in [0.15, 0.2) is 0 Å². The van der Waals surface area contributed by atoms with Crippen LogP contribution >= 0.6 is 0 Å². The number of benzene rings is 3. The number of aromatic nitrogens is 3. The minimum Gasteiger partial charge on any atom is -0.492 e. The Labute approximate surface area is 187 Å². The fourth-order valence-electron chi connectivity index (χ4n) is 3.31. The second-order valence-corrected chi connectivity index (χ2v) is 7.47. The number of carbonyl (C=O) groups excluding carboxylic acids is 1. The molecule has 4 aromatic rings. The quantitative estimate of drug-likeness (QED) is 0.453. The largest absolute Gasteiger partial charge is 0.492 e. The van der Waals surface area contributed by atoms with E-state index in [0.717, 1.165) is 22.6 Å². The van der Waals surface area contributed by atoms with Gasteiger partial charge in [-0.1, -0.05) is 30.3 Å². The lowest BCUT2D eigenvalue weighted by molar-refractivity contribution is 0.102. The Morgan fingerprint density at radius 3 is 2.44 bits per heavy atom. The summed E-state index contributed by atoms with van der Waals surface area (Å²) in [5, 5.41) is 7.02. The maximum atomic E-state index is 13.0. The molecule has 0 unspecified atom stereocenters. The fraction of sp³-hybridized carbons (Fsp3) is 0.160. The molecule has 7 nitrogen and oxygen atoms in total. The number of hydrogen-bond donors (Lipinski definition) is 1. The molecule has 1 N–H and O–H groups in total. The first-order valence-corrected chi connectivity index (χ1v) is 10.3. The number of amides is 1. The highest BCUT2D eigenvalue weighted by Gasteiger charge is 2.13. The van der Waals surface area contributed by atoms with E-state index in [1.54, 1.807) is 11.0 Å². The molecule has 3 aromatic carbocycles. The summed E-state index contributed by atoms with van der Waals surface area (Å²) in [5.74, 6) is 0.571. The van der Waals surface area contributed by atoms with Gasteiger partial charge in [-0.2, -0.15) is 5.10 Å². The highest BCUT2D eigenvalue weighted by atomic mass is 16.5. The summed E-state index contributed by atoms with van der Waals surface area (Å²) >= 11 is 0. The van der Waals surface area contributed by atoms with Crippen molar-refractivity contribution in [3.63, 3.8) is 0 Å². The number of carbonyl (C=O) groups is 1. The molecule has 1 amide bonds. The molecule has 162 valence electrons. The molecule has 0 bridgehead atoms. The van der Waals surface area contributed by atoms with Gasteiger partial charge in [0, 0.05) is 31.0 Å². The lowest BCUT2D eigenvalue weighted by Gasteiger charge is -2.14. The summed E-state index contributed by atoms with van der Waals surface area (Å²) < 4.78 is 7.43. The topological polar surface area (TPSA) is 72.3 Å². The summed E-state index contributed by atoms with van der Waals surface area (Å²) in [6.07, 6.45) is 3.14. The normalized spacial score (nSPS) is 10.6. The van der Waals surface area contributed by atoms with Gasteiger partial charge >= 0.3 is 0 Å². The van der Waals surface area contributed by atoms with Gasteiger partial charge in [0.25, 0.3) is 5.91 Å². The van der Waals surface area contributed by atoms with Crippen LogP contribution in [0.15, 0.2) is 85.5 Å². The Kier molecular flexibility index (Phi) is 6.46. The second kappa shape index (κ2) is 9.78. The first kappa shape index (κ1) is 21.1. The molecular formula is C25H25N5O2. The van der Waals surface area contributed by atoms with Crippen molar-refractivity contribution < 1.29 is 9.53 Å². The highest BCUT2D eigenvalue weighted by molar-refractivity contribution is 6.08. The van der Waals surface area contributed by atoms with Crippen molar-refractivity contribution in [3.05, 3.63) is 91.0 Å². The molecule has 0 atom stereocenters. The first-order chi connectivity index (χ1) is 15.6. The van der Waals surface area contributed by atoms with Crippen LogP contribution in [-0.4, -0.2) is 41.4 Å². The summed E-state index contributed by atoms with van der Waals surface area (Å²) in [5.41, 5.74) is 4.33. The number of anilines is 2. The molecule has 0 saturated heterocycles. The van der Waals surface area contributed by atoms with Gasteiger partial charge in [-0.25, -0.2) is 9.67 Å². The van der Waals surface area contributed by atoms with Crippen molar-refractivity contribution in [3.8, 4) is 16.9 Å². The van der Waals surface area contributed by atoms with Gasteiger partial charge in [-0.3, -0.25) is 4.79 Å². The van der Waals surface area contributed by atoms with E-state index < -0.39 is 0 Å². The van der Waals surface area contributed by atoms with Crippen LogP contribution in [0.1, 0.15) is 10.4 Å². The Morgan fingerprint density at radius 2 is 1.75 bits per heavy atom. The van der Waals surface area contributed by atoms with E-state index in [0.29, 0.717) is 24.4 Å². The van der Waals surface area contributed by atoms with Gasteiger partial charge in [0.05, 0.1) is 6.54 Å². The van der Waals surface area contributed by atoms with E-state index in [1.165, 1.54) is 6.33 Å². The third-order valence-corrected chi connectivity index (χ3v) is 5.03. The van der Waals surface area contributed by atoms with E-state index >= 15 is 0 Å². The maximum absolute atomic E-state index is 13.0. The lowest BCUT2D eigenvalue weighted by atomic mass is 9.99. The molecule has 0 aliphatic heterocycles. The zero-order valence-electron chi connectivity index (χ0n) is 18.1. The van der Waals surface area contributed by atoms with Crippen LogP contribution in [-0.2, 0) is 6.54 Å². The minimum absolute atomic E-state index is 0.155. The third-order valence-electron chi connectivity index (χ3n) is 5.03. The van der Waals surface area contributed by atoms with Crippen LogP contribution in [0.5, 0.6) is 5.75 Å². The van der Waals surface area contributed by atoms with Crippen molar-refractivity contribution >= 4 is 17.3 Å². The number of nitrogens with one attached hydrogen (secondary N) is 1. The number of hydrogen-bond acceptors (Lipinski definition) is 5. The van der Waals surface area contributed by atoms with Crippen molar-refractivity contribution in [2.45, 2.75) is 6.54 Å². The fourth-order valence-corrected chi connectivity index (χ4v) is 3.31. The number of ether oxygens (including phenoxy) is 1. The summed E-state index contributed by atoms with van der Waals surface area (Å²) in [7, 11) is 4.01. The number of nitrogens with zero attached hydrogens (tertiary/aromatic N) is 4. The molecule has 0 aliphatic rings. The molecule has 32 heavy (non-hydrogen) atoms. The monoisotopic (exact) mass is 427 g/mol. The average Bonchev–Trinajstić information content (AvgIpc) is 3.34. The van der Waals surface area contributed by atoms with E-state index in [4.69, 9.17) is 4.74 Å². The molecule has 0 fully saturated rings. The molecule has 7 heteroatoms. The van der Waals surface area contributed by atoms with E-state index in [1.807, 2.05) is 91.8 Å². The van der Waals surface area contributed by atoms with Crippen LogP contribution in [0.2, 0.25) is 0 Å². The van der Waals surface area contributed by atoms with Gasteiger partial charge < -0.3 is 15.0 Å². The van der Waals surface area contributed by atoms with E-state index in [2.05, 4.69) is 15.4 Å². The summed E-state index contributed by atoms with van der Waals surface area (Å²) in [6.45, 7) is 1.10. The summed E-state index contributed by atoms with van der Waals surface area (Å²) in [4.78, 5) is 19.0. The smallest absolute Gasteiger partial charge is 0.256 e. The molecule has 1 aromatic heterocycles. The van der Waals surface area contributed by atoms with Crippen molar-refractivity contribution in [1.82, 2.24) is 14.8 Å². The van der Waals surface area contributed by atoms with Crippen LogP contribution < -0.4 is 15.0 Å². The average molecular weight is 428 g/mol. The SMILES string of the molecule is CN(C)c1ccc(-c2ccccc2C(=O)Nc2ccc(OCCn3cncn3)cc2)cc1. The molecule has 4 rings (SSSR count). The Morgan fingerprint density at radius 1 is 1.00 bits per heavy atom. The van der Waals surface area contributed by atoms with Gasteiger partial charge in [0.2, 0.25) is 0 Å². The van der Waals surface area contributed by atoms with Crippen molar-refractivity contribution in [1.29, 1.82) is 0 Å². The second-order valence-electron chi connectivity index (χ2n) is 7.47. The molecule has 0 radical (unpaired) electrons. The van der Waals surface area contributed by atoms with Gasteiger partial charge in [0.1, 0.15) is 25.0 Å². The van der Waals surface area contributed by atoms with Gasteiger partial charge in [-0.05, 0) is 53.6 Å². The predicted molar refractivity (Wildman–Crippen MR) is 126 cm³/mol. The standard InChI is InChI=1S/C25H25N5O2/c1-29(2)21-11-7-19(8-12-21)23-5-3-4-6-24(23)25(31)28-20-9-13-22(14-10-20)32-16-15-30-18-26-17-27-30/h3-14,17-18H,15-16H2,1-2H3,(H,28,31). The van der Waals surface area contributed by atoms with Crippen molar-refractivity contribution in [2.24, 2.45) is 0 Å².